The average Bonchev–Trinajstić information content (AvgIpc) is 2.81. The Labute approximate surface area is 85.8 Å². The van der Waals surface area contributed by atoms with Crippen LogP contribution in [0.2, 0.25) is 0 Å². The number of hydrogen-bond acceptors (Lipinski definition) is 1. The van der Waals surface area contributed by atoms with Gasteiger partial charge in [-0.3, -0.25) is 0 Å². The van der Waals surface area contributed by atoms with Crippen LogP contribution in [0.3, 0.4) is 0 Å². The smallest absolute Gasteiger partial charge is 0.317 e. The SMILES string of the molecule is CC1CCCN(C(=O)NC2CC2C)C1. The van der Waals surface area contributed by atoms with Gasteiger partial charge >= 0.3 is 6.03 Å². The fourth-order valence-electron chi connectivity index (χ4n) is 2.15. The summed E-state index contributed by atoms with van der Waals surface area (Å²) in [5, 5.41) is 3.08. The lowest BCUT2D eigenvalue weighted by Gasteiger charge is -2.31. The van der Waals surface area contributed by atoms with Gasteiger partial charge < -0.3 is 10.2 Å². The summed E-state index contributed by atoms with van der Waals surface area (Å²) in [4.78, 5) is 13.7. The van der Waals surface area contributed by atoms with E-state index < -0.39 is 0 Å². The van der Waals surface area contributed by atoms with E-state index in [9.17, 15) is 4.79 Å². The van der Waals surface area contributed by atoms with Crippen LogP contribution in [0.1, 0.15) is 33.1 Å². The largest absolute Gasteiger partial charge is 0.335 e. The van der Waals surface area contributed by atoms with E-state index in [1.165, 1.54) is 6.42 Å². The van der Waals surface area contributed by atoms with Crippen molar-refractivity contribution in [3.05, 3.63) is 0 Å². The number of hydrogen-bond donors (Lipinski definition) is 1. The van der Waals surface area contributed by atoms with Gasteiger partial charge in [-0.2, -0.15) is 0 Å². The molecule has 2 amide bonds. The van der Waals surface area contributed by atoms with Crippen LogP contribution in [0.25, 0.3) is 0 Å². The van der Waals surface area contributed by atoms with Gasteiger partial charge in [0.25, 0.3) is 0 Å². The zero-order chi connectivity index (χ0) is 10.1. The van der Waals surface area contributed by atoms with Gasteiger partial charge in [0.2, 0.25) is 0 Å². The highest BCUT2D eigenvalue weighted by Crippen LogP contribution is 2.29. The van der Waals surface area contributed by atoms with Crippen molar-refractivity contribution in [2.24, 2.45) is 11.8 Å². The van der Waals surface area contributed by atoms with E-state index >= 15 is 0 Å². The van der Waals surface area contributed by atoms with E-state index in [-0.39, 0.29) is 6.03 Å². The van der Waals surface area contributed by atoms with Crippen molar-refractivity contribution in [2.75, 3.05) is 13.1 Å². The third-order valence-corrected chi connectivity index (χ3v) is 3.36. The zero-order valence-corrected chi connectivity index (χ0v) is 9.12. The van der Waals surface area contributed by atoms with Crippen molar-refractivity contribution in [3.8, 4) is 0 Å². The second-order valence-corrected chi connectivity index (χ2v) is 4.96. The fourth-order valence-corrected chi connectivity index (χ4v) is 2.15. The average molecular weight is 196 g/mol. The van der Waals surface area contributed by atoms with Crippen LogP contribution in [0.5, 0.6) is 0 Å². The Balaban J connectivity index is 1.78. The minimum atomic E-state index is 0.158. The van der Waals surface area contributed by atoms with Crippen molar-refractivity contribution in [1.29, 1.82) is 0 Å². The minimum absolute atomic E-state index is 0.158. The van der Waals surface area contributed by atoms with Crippen LogP contribution in [0.4, 0.5) is 4.79 Å². The molecule has 0 aromatic rings. The standard InChI is InChI=1S/C11H20N2O/c1-8-4-3-5-13(7-8)11(14)12-10-6-9(10)2/h8-10H,3-7H2,1-2H3,(H,12,14). The van der Waals surface area contributed by atoms with E-state index in [1.54, 1.807) is 0 Å². The summed E-state index contributed by atoms with van der Waals surface area (Å²) >= 11 is 0. The quantitative estimate of drug-likeness (QED) is 0.682. The van der Waals surface area contributed by atoms with Gasteiger partial charge in [0.1, 0.15) is 0 Å². The molecule has 1 aliphatic carbocycles. The number of carbonyl (C=O) groups excluding carboxylic acids is 1. The van der Waals surface area contributed by atoms with Gasteiger partial charge in [-0.25, -0.2) is 4.79 Å². The lowest BCUT2D eigenvalue weighted by atomic mass is 10.0. The molecule has 0 aromatic carbocycles. The van der Waals surface area contributed by atoms with Crippen molar-refractivity contribution >= 4 is 6.03 Å². The van der Waals surface area contributed by atoms with Gasteiger partial charge in [-0.1, -0.05) is 13.8 Å². The molecule has 0 radical (unpaired) electrons. The molecular formula is C11H20N2O. The van der Waals surface area contributed by atoms with Crippen molar-refractivity contribution in [1.82, 2.24) is 10.2 Å². The van der Waals surface area contributed by atoms with Crippen molar-refractivity contribution in [2.45, 2.75) is 39.2 Å². The third kappa shape index (κ3) is 2.20. The third-order valence-electron chi connectivity index (χ3n) is 3.36. The summed E-state index contributed by atoms with van der Waals surface area (Å²) in [5.74, 6) is 1.37. The van der Waals surface area contributed by atoms with Gasteiger partial charge in [0.15, 0.2) is 0 Å². The summed E-state index contributed by atoms with van der Waals surface area (Å²) in [7, 11) is 0. The molecule has 3 atom stereocenters. The molecule has 1 N–H and O–H groups in total. The zero-order valence-electron chi connectivity index (χ0n) is 9.12. The first-order chi connectivity index (χ1) is 6.66. The molecule has 0 bridgehead atoms. The summed E-state index contributed by atoms with van der Waals surface area (Å²) in [6.45, 7) is 6.28. The first-order valence-electron chi connectivity index (χ1n) is 5.72. The molecule has 3 nitrogen and oxygen atoms in total. The molecule has 0 spiro atoms. The number of amides is 2. The molecule has 1 aliphatic heterocycles. The molecule has 0 aromatic heterocycles. The van der Waals surface area contributed by atoms with Gasteiger partial charge in [-0.05, 0) is 31.1 Å². The highest BCUT2D eigenvalue weighted by Gasteiger charge is 2.35. The maximum Gasteiger partial charge on any atom is 0.317 e. The summed E-state index contributed by atoms with van der Waals surface area (Å²) in [6.07, 6.45) is 3.59. The molecule has 3 heteroatoms. The predicted octanol–water partition coefficient (Wildman–Crippen LogP) is 1.84. The lowest BCUT2D eigenvalue weighted by Crippen LogP contribution is -2.45. The molecule has 3 unspecified atom stereocenters. The Kier molecular flexibility index (Phi) is 2.66. The molecule has 14 heavy (non-hydrogen) atoms. The fraction of sp³-hybridized carbons (Fsp3) is 0.909. The summed E-state index contributed by atoms with van der Waals surface area (Å²) < 4.78 is 0. The molecule has 1 saturated heterocycles. The van der Waals surface area contributed by atoms with Crippen LogP contribution in [-0.4, -0.2) is 30.1 Å². The molecule has 80 valence electrons. The molecular weight excluding hydrogens is 176 g/mol. The minimum Gasteiger partial charge on any atom is -0.335 e. The molecule has 1 saturated carbocycles. The molecule has 2 fully saturated rings. The molecule has 2 aliphatic rings. The Morgan fingerprint density at radius 3 is 2.71 bits per heavy atom. The van der Waals surface area contributed by atoms with Gasteiger partial charge in [0.05, 0.1) is 0 Å². The monoisotopic (exact) mass is 196 g/mol. The second-order valence-electron chi connectivity index (χ2n) is 4.96. The van der Waals surface area contributed by atoms with E-state index in [0.717, 1.165) is 25.9 Å². The maximum absolute atomic E-state index is 11.8. The van der Waals surface area contributed by atoms with Gasteiger partial charge in [0, 0.05) is 19.1 Å². The number of nitrogens with zero attached hydrogens (tertiary/aromatic N) is 1. The van der Waals surface area contributed by atoms with E-state index in [1.807, 2.05) is 4.90 Å². The first-order valence-corrected chi connectivity index (χ1v) is 5.72. The lowest BCUT2D eigenvalue weighted by molar-refractivity contribution is 0.169. The number of urea groups is 1. The van der Waals surface area contributed by atoms with Crippen molar-refractivity contribution in [3.63, 3.8) is 0 Å². The molecule has 2 rings (SSSR count). The van der Waals surface area contributed by atoms with Crippen molar-refractivity contribution < 1.29 is 4.79 Å². The highest BCUT2D eigenvalue weighted by atomic mass is 16.2. The maximum atomic E-state index is 11.8. The summed E-state index contributed by atoms with van der Waals surface area (Å²) in [6, 6.07) is 0.616. The Hall–Kier alpha value is -0.730. The van der Waals surface area contributed by atoms with Crippen LogP contribution in [0.15, 0.2) is 0 Å². The van der Waals surface area contributed by atoms with Crippen LogP contribution >= 0.6 is 0 Å². The summed E-state index contributed by atoms with van der Waals surface area (Å²) in [5.41, 5.74) is 0. The number of rotatable bonds is 1. The van der Waals surface area contributed by atoms with Crippen LogP contribution < -0.4 is 5.32 Å². The Morgan fingerprint density at radius 2 is 2.14 bits per heavy atom. The van der Waals surface area contributed by atoms with Gasteiger partial charge in [-0.15, -0.1) is 0 Å². The normalized spacial score (nSPS) is 36.7. The van der Waals surface area contributed by atoms with E-state index in [4.69, 9.17) is 0 Å². The number of piperidine rings is 1. The van der Waals surface area contributed by atoms with E-state index in [2.05, 4.69) is 19.2 Å². The highest BCUT2D eigenvalue weighted by molar-refractivity contribution is 5.75. The van der Waals surface area contributed by atoms with Crippen LogP contribution in [-0.2, 0) is 0 Å². The Bertz CT molecular complexity index is 229. The first kappa shape index (κ1) is 9.81. The topological polar surface area (TPSA) is 32.3 Å². The number of carbonyl (C=O) groups is 1. The molecule has 1 heterocycles. The number of nitrogens with one attached hydrogen (secondary N) is 1. The predicted molar refractivity (Wildman–Crippen MR) is 56.1 cm³/mol. The van der Waals surface area contributed by atoms with Crippen LogP contribution in [0, 0.1) is 11.8 Å². The van der Waals surface area contributed by atoms with E-state index in [0.29, 0.717) is 17.9 Å². The Morgan fingerprint density at radius 1 is 1.43 bits per heavy atom. The number of likely N-dealkylation sites (tertiary alicyclic amines) is 1. The second kappa shape index (κ2) is 3.79.